The molecular formula is C11H19NO3. The van der Waals surface area contributed by atoms with Crippen molar-refractivity contribution >= 4 is 5.97 Å². The zero-order valence-electron chi connectivity index (χ0n) is 9.25. The van der Waals surface area contributed by atoms with Crippen molar-refractivity contribution in [3.63, 3.8) is 0 Å². The topological polar surface area (TPSA) is 47.6 Å². The smallest absolute Gasteiger partial charge is 0.328 e. The third-order valence-electron chi connectivity index (χ3n) is 3.19. The van der Waals surface area contributed by atoms with E-state index < -0.39 is 5.54 Å². The third kappa shape index (κ3) is 2.49. The zero-order valence-corrected chi connectivity index (χ0v) is 9.25. The van der Waals surface area contributed by atoms with Gasteiger partial charge in [-0.3, -0.25) is 5.32 Å². The van der Waals surface area contributed by atoms with Gasteiger partial charge >= 0.3 is 5.97 Å². The summed E-state index contributed by atoms with van der Waals surface area (Å²) in [5, 5.41) is 3.32. The Bertz CT molecular complexity index is 230. The first kappa shape index (κ1) is 10.9. The quantitative estimate of drug-likeness (QED) is 0.701. The second-order valence-electron chi connectivity index (χ2n) is 4.55. The lowest BCUT2D eigenvalue weighted by atomic mass is 9.93. The van der Waals surface area contributed by atoms with Crippen molar-refractivity contribution in [2.24, 2.45) is 5.92 Å². The van der Waals surface area contributed by atoms with Gasteiger partial charge in [-0.15, -0.1) is 0 Å². The minimum absolute atomic E-state index is 0.170. The summed E-state index contributed by atoms with van der Waals surface area (Å²) in [6.07, 6.45) is 4.30. The number of methoxy groups -OCH3 is 1. The minimum Gasteiger partial charge on any atom is -0.468 e. The van der Waals surface area contributed by atoms with Crippen molar-refractivity contribution in [3.8, 4) is 0 Å². The van der Waals surface area contributed by atoms with E-state index in [1.807, 2.05) is 0 Å². The molecule has 0 amide bonds. The number of hydrogen-bond acceptors (Lipinski definition) is 4. The van der Waals surface area contributed by atoms with E-state index in [0.717, 1.165) is 26.0 Å². The van der Waals surface area contributed by atoms with Gasteiger partial charge in [-0.05, 0) is 25.3 Å². The van der Waals surface area contributed by atoms with Crippen LogP contribution >= 0.6 is 0 Å². The molecule has 1 unspecified atom stereocenters. The van der Waals surface area contributed by atoms with Crippen LogP contribution in [0.15, 0.2) is 0 Å². The van der Waals surface area contributed by atoms with Crippen LogP contribution in [0.1, 0.15) is 25.7 Å². The maximum Gasteiger partial charge on any atom is 0.328 e. The molecule has 0 aromatic rings. The lowest BCUT2D eigenvalue weighted by Gasteiger charge is -2.30. The first-order valence-electron chi connectivity index (χ1n) is 5.68. The molecule has 1 saturated heterocycles. The van der Waals surface area contributed by atoms with Gasteiger partial charge in [0.25, 0.3) is 0 Å². The summed E-state index contributed by atoms with van der Waals surface area (Å²) in [6.45, 7) is 2.02. The largest absolute Gasteiger partial charge is 0.468 e. The summed E-state index contributed by atoms with van der Waals surface area (Å²) >= 11 is 0. The van der Waals surface area contributed by atoms with Crippen LogP contribution in [0.3, 0.4) is 0 Å². The van der Waals surface area contributed by atoms with Crippen molar-refractivity contribution < 1.29 is 14.3 Å². The van der Waals surface area contributed by atoms with E-state index in [1.54, 1.807) is 0 Å². The number of carbonyl (C=O) groups excluding carboxylic acids is 1. The number of hydrogen-bond donors (Lipinski definition) is 1. The molecule has 1 aliphatic carbocycles. The standard InChI is InChI=1S/C11H19NO3/c1-14-10(13)11(7-9-3-4-9)8-15-6-2-5-12-11/h9,12H,2-8H2,1H3. The van der Waals surface area contributed by atoms with Crippen LogP contribution in [0.25, 0.3) is 0 Å². The predicted molar refractivity (Wildman–Crippen MR) is 55.5 cm³/mol. The van der Waals surface area contributed by atoms with E-state index in [-0.39, 0.29) is 5.97 Å². The number of rotatable bonds is 3. The van der Waals surface area contributed by atoms with Crippen LogP contribution in [0.4, 0.5) is 0 Å². The lowest BCUT2D eigenvalue weighted by molar-refractivity contribution is -0.151. The van der Waals surface area contributed by atoms with Crippen molar-refractivity contribution in [3.05, 3.63) is 0 Å². The fourth-order valence-corrected chi connectivity index (χ4v) is 2.15. The van der Waals surface area contributed by atoms with Gasteiger partial charge in [0.2, 0.25) is 0 Å². The number of ether oxygens (including phenoxy) is 2. The zero-order chi connectivity index (χ0) is 10.7. The van der Waals surface area contributed by atoms with Gasteiger partial charge in [-0.1, -0.05) is 12.8 Å². The minimum atomic E-state index is -0.577. The molecule has 0 bridgehead atoms. The van der Waals surface area contributed by atoms with Crippen LogP contribution in [-0.4, -0.2) is 38.4 Å². The van der Waals surface area contributed by atoms with Crippen LogP contribution in [0.5, 0.6) is 0 Å². The van der Waals surface area contributed by atoms with Crippen molar-refractivity contribution in [1.82, 2.24) is 5.32 Å². The van der Waals surface area contributed by atoms with Gasteiger partial charge in [0.05, 0.1) is 13.7 Å². The van der Waals surface area contributed by atoms with E-state index in [1.165, 1.54) is 20.0 Å². The van der Waals surface area contributed by atoms with Gasteiger partial charge in [-0.25, -0.2) is 4.79 Å². The molecular weight excluding hydrogens is 194 g/mol. The highest BCUT2D eigenvalue weighted by Crippen LogP contribution is 2.37. The van der Waals surface area contributed by atoms with E-state index in [0.29, 0.717) is 12.5 Å². The molecule has 1 heterocycles. The van der Waals surface area contributed by atoms with E-state index in [2.05, 4.69) is 5.32 Å². The maximum atomic E-state index is 11.8. The Morgan fingerprint density at radius 3 is 3.07 bits per heavy atom. The number of esters is 1. The molecule has 2 fully saturated rings. The van der Waals surface area contributed by atoms with Gasteiger partial charge in [0, 0.05) is 6.61 Å². The molecule has 0 spiro atoms. The van der Waals surface area contributed by atoms with E-state index >= 15 is 0 Å². The fourth-order valence-electron chi connectivity index (χ4n) is 2.15. The second kappa shape index (κ2) is 4.49. The van der Waals surface area contributed by atoms with Crippen LogP contribution in [0.2, 0.25) is 0 Å². The van der Waals surface area contributed by atoms with Gasteiger partial charge in [-0.2, -0.15) is 0 Å². The molecule has 1 saturated carbocycles. The maximum absolute atomic E-state index is 11.8. The Balaban J connectivity index is 2.07. The first-order valence-corrected chi connectivity index (χ1v) is 5.68. The summed E-state index contributed by atoms with van der Waals surface area (Å²) in [6, 6.07) is 0. The van der Waals surface area contributed by atoms with E-state index in [9.17, 15) is 4.79 Å². The average Bonchev–Trinajstić information content (AvgIpc) is 3.05. The Labute approximate surface area is 90.3 Å². The second-order valence-corrected chi connectivity index (χ2v) is 4.55. The summed E-state index contributed by atoms with van der Waals surface area (Å²) < 4.78 is 10.4. The van der Waals surface area contributed by atoms with Crippen LogP contribution in [0, 0.1) is 5.92 Å². The molecule has 1 atom stereocenters. The molecule has 1 N–H and O–H groups in total. The highest BCUT2D eigenvalue weighted by atomic mass is 16.5. The number of nitrogens with one attached hydrogen (secondary N) is 1. The highest BCUT2D eigenvalue weighted by Gasteiger charge is 2.44. The summed E-state index contributed by atoms with van der Waals surface area (Å²) in [7, 11) is 1.45. The molecule has 4 nitrogen and oxygen atoms in total. The molecule has 4 heteroatoms. The van der Waals surface area contributed by atoms with E-state index in [4.69, 9.17) is 9.47 Å². The van der Waals surface area contributed by atoms with Crippen molar-refractivity contribution in [2.75, 3.05) is 26.9 Å². The lowest BCUT2D eigenvalue weighted by Crippen LogP contribution is -2.55. The molecule has 15 heavy (non-hydrogen) atoms. The summed E-state index contributed by atoms with van der Waals surface area (Å²) in [4.78, 5) is 11.8. The molecule has 1 aliphatic heterocycles. The molecule has 0 radical (unpaired) electrons. The predicted octanol–water partition coefficient (Wildman–Crippen LogP) is 0.708. The van der Waals surface area contributed by atoms with Crippen molar-refractivity contribution in [2.45, 2.75) is 31.2 Å². The Hall–Kier alpha value is -0.610. The van der Waals surface area contributed by atoms with Crippen molar-refractivity contribution in [1.29, 1.82) is 0 Å². The van der Waals surface area contributed by atoms with Crippen LogP contribution in [-0.2, 0) is 14.3 Å². The molecule has 2 aliphatic rings. The highest BCUT2D eigenvalue weighted by molar-refractivity contribution is 5.81. The number of carbonyl (C=O) groups is 1. The molecule has 0 aromatic carbocycles. The summed E-state index contributed by atoms with van der Waals surface area (Å²) in [5.41, 5.74) is -0.577. The Morgan fingerprint density at radius 1 is 1.60 bits per heavy atom. The summed E-state index contributed by atoms with van der Waals surface area (Å²) in [5.74, 6) is 0.509. The monoisotopic (exact) mass is 213 g/mol. The van der Waals surface area contributed by atoms with Gasteiger partial charge in [0.1, 0.15) is 5.54 Å². The molecule has 0 aromatic heterocycles. The first-order chi connectivity index (χ1) is 7.27. The molecule has 2 rings (SSSR count). The third-order valence-corrected chi connectivity index (χ3v) is 3.19. The SMILES string of the molecule is COC(=O)C1(CC2CC2)COCCCN1. The Kier molecular flexibility index (Phi) is 3.26. The Morgan fingerprint density at radius 2 is 2.40 bits per heavy atom. The normalized spacial score (nSPS) is 32.1. The average molecular weight is 213 g/mol. The van der Waals surface area contributed by atoms with Gasteiger partial charge in [0.15, 0.2) is 0 Å². The van der Waals surface area contributed by atoms with Gasteiger partial charge < -0.3 is 9.47 Å². The molecule has 86 valence electrons. The van der Waals surface area contributed by atoms with Crippen LogP contribution < -0.4 is 5.32 Å². The fraction of sp³-hybridized carbons (Fsp3) is 0.909.